The van der Waals surface area contributed by atoms with E-state index in [4.69, 9.17) is 16.3 Å². The topological polar surface area (TPSA) is 52.1 Å². The minimum atomic E-state index is -0.368. The number of rotatable bonds is 2. The van der Waals surface area contributed by atoms with E-state index in [0.29, 0.717) is 20.0 Å². The molecule has 2 aromatic rings. The van der Waals surface area contributed by atoms with Crippen LogP contribution in [0.5, 0.6) is 0 Å². The van der Waals surface area contributed by atoms with Gasteiger partial charge in [0, 0.05) is 0 Å². The average Bonchev–Trinajstić information content (AvgIpc) is 2.66. The Bertz CT molecular complexity index is 597. The molecule has 0 radical (unpaired) electrons. The number of methoxy groups -OCH3 is 1. The molecule has 0 fully saturated rings. The second-order valence-electron chi connectivity index (χ2n) is 3.23. The molecule has 0 aliphatic heterocycles. The van der Waals surface area contributed by atoms with Crippen molar-refractivity contribution in [1.82, 2.24) is 9.97 Å². The molecule has 4 nitrogen and oxygen atoms in total. The molecule has 0 atom stereocenters. The van der Waals surface area contributed by atoms with Crippen LogP contribution < -0.4 is 0 Å². The highest BCUT2D eigenvalue weighted by Gasteiger charge is 2.19. The van der Waals surface area contributed by atoms with Crippen molar-refractivity contribution in [2.24, 2.45) is 0 Å². The van der Waals surface area contributed by atoms with E-state index in [0.717, 1.165) is 10.9 Å². The maximum Gasteiger partial charge on any atom is 0.348 e. The zero-order valence-corrected chi connectivity index (χ0v) is 11.8. The van der Waals surface area contributed by atoms with Gasteiger partial charge in [0.2, 0.25) is 0 Å². The van der Waals surface area contributed by atoms with Crippen LogP contribution in [-0.2, 0) is 4.74 Å². The Morgan fingerprint density at radius 2 is 2.18 bits per heavy atom. The first-order valence-corrected chi connectivity index (χ1v) is 7.09. The Labute approximate surface area is 111 Å². The molecule has 0 spiro atoms. The SMILES string of the molecule is COC(=O)c1sc2nc(SC)nc(Cl)c2c1C. The Balaban J connectivity index is 2.73. The predicted molar refractivity (Wildman–Crippen MR) is 70.3 cm³/mol. The van der Waals surface area contributed by atoms with Crippen molar-refractivity contribution in [1.29, 1.82) is 0 Å². The number of aromatic nitrogens is 2. The fraction of sp³-hybridized carbons (Fsp3) is 0.300. The molecule has 0 bridgehead atoms. The highest BCUT2D eigenvalue weighted by Crippen LogP contribution is 2.34. The number of thioether (sulfide) groups is 1. The Hall–Kier alpha value is -0.850. The van der Waals surface area contributed by atoms with Gasteiger partial charge in [0.15, 0.2) is 5.16 Å². The summed E-state index contributed by atoms with van der Waals surface area (Å²) in [4.78, 5) is 21.3. The molecule has 17 heavy (non-hydrogen) atoms. The summed E-state index contributed by atoms with van der Waals surface area (Å²) < 4.78 is 4.72. The highest BCUT2D eigenvalue weighted by atomic mass is 35.5. The summed E-state index contributed by atoms with van der Waals surface area (Å²) in [5.74, 6) is -0.368. The lowest BCUT2D eigenvalue weighted by molar-refractivity contribution is 0.0605. The number of esters is 1. The summed E-state index contributed by atoms with van der Waals surface area (Å²) >= 11 is 8.79. The number of aryl methyl sites for hydroxylation is 1. The van der Waals surface area contributed by atoms with Gasteiger partial charge < -0.3 is 4.74 Å². The number of halogens is 1. The fourth-order valence-electron chi connectivity index (χ4n) is 1.45. The van der Waals surface area contributed by atoms with Crippen LogP contribution in [0.4, 0.5) is 0 Å². The van der Waals surface area contributed by atoms with Gasteiger partial charge in [0.25, 0.3) is 0 Å². The van der Waals surface area contributed by atoms with Gasteiger partial charge in [-0.3, -0.25) is 0 Å². The molecular weight excluding hydrogens is 280 g/mol. The molecule has 2 aromatic heterocycles. The van der Waals surface area contributed by atoms with E-state index in [1.54, 1.807) is 0 Å². The number of hydrogen-bond acceptors (Lipinski definition) is 6. The third-order valence-electron chi connectivity index (χ3n) is 2.28. The van der Waals surface area contributed by atoms with E-state index in [-0.39, 0.29) is 5.97 Å². The summed E-state index contributed by atoms with van der Waals surface area (Å²) in [6, 6.07) is 0. The quantitative estimate of drug-likeness (QED) is 0.368. The number of thiophene rings is 1. The number of carbonyl (C=O) groups excluding carboxylic acids is 1. The van der Waals surface area contributed by atoms with Crippen molar-refractivity contribution in [3.8, 4) is 0 Å². The van der Waals surface area contributed by atoms with Crippen LogP contribution in [0.1, 0.15) is 15.2 Å². The molecule has 0 aliphatic carbocycles. The van der Waals surface area contributed by atoms with Crippen LogP contribution in [0, 0.1) is 6.92 Å². The molecule has 90 valence electrons. The minimum Gasteiger partial charge on any atom is -0.465 e. The second-order valence-corrected chi connectivity index (χ2v) is 5.36. The number of hydrogen-bond donors (Lipinski definition) is 0. The van der Waals surface area contributed by atoms with Crippen LogP contribution in [-0.4, -0.2) is 29.3 Å². The maximum absolute atomic E-state index is 11.6. The summed E-state index contributed by atoms with van der Waals surface area (Å²) in [7, 11) is 1.35. The van der Waals surface area contributed by atoms with Gasteiger partial charge in [0.1, 0.15) is 14.9 Å². The van der Waals surface area contributed by atoms with Crippen molar-refractivity contribution in [3.63, 3.8) is 0 Å². The highest BCUT2D eigenvalue weighted by molar-refractivity contribution is 7.98. The first kappa shape index (κ1) is 12.6. The minimum absolute atomic E-state index is 0.368. The van der Waals surface area contributed by atoms with E-state index >= 15 is 0 Å². The molecule has 2 heterocycles. The van der Waals surface area contributed by atoms with E-state index in [1.807, 2.05) is 13.2 Å². The lowest BCUT2D eigenvalue weighted by atomic mass is 10.2. The van der Waals surface area contributed by atoms with Crippen LogP contribution in [0.25, 0.3) is 10.2 Å². The lowest BCUT2D eigenvalue weighted by Gasteiger charge is -1.98. The number of ether oxygens (including phenoxy) is 1. The van der Waals surface area contributed by atoms with Gasteiger partial charge in [-0.25, -0.2) is 14.8 Å². The monoisotopic (exact) mass is 288 g/mol. The number of fused-ring (bicyclic) bond motifs is 1. The first-order valence-electron chi connectivity index (χ1n) is 4.67. The molecular formula is C10H9ClN2O2S2. The molecule has 2 rings (SSSR count). The third kappa shape index (κ3) is 2.12. The molecule has 0 aliphatic rings. The van der Waals surface area contributed by atoms with Gasteiger partial charge in [-0.2, -0.15) is 0 Å². The van der Waals surface area contributed by atoms with Crippen molar-refractivity contribution in [2.75, 3.05) is 13.4 Å². The summed E-state index contributed by atoms with van der Waals surface area (Å²) in [5, 5.41) is 1.71. The Kier molecular flexibility index (Phi) is 3.56. The molecule has 7 heteroatoms. The van der Waals surface area contributed by atoms with E-state index in [2.05, 4.69) is 9.97 Å². The smallest absolute Gasteiger partial charge is 0.348 e. The normalized spacial score (nSPS) is 10.8. The fourth-order valence-corrected chi connectivity index (χ4v) is 3.39. The van der Waals surface area contributed by atoms with Gasteiger partial charge in [0.05, 0.1) is 12.5 Å². The van der Waals surface area contributed by atoms with Crippen molar-refractivity contribution in [2.45, 2.75) is 12.1 Å². The average molecular weight is 289 g/mol. The maximum atomic E-state index is 11.6. The lowest BCUT2D eigenvalue weighted by Crippen LogP contribution is -1.99. The van der Waals surface area contributed by atoms with Gasteiger partial charge in [-0.05, 0) is 18.7 Å². The third-order valence-corrected chi connectivity index (χ3v) is 4.27. The van der Waals surface area contributed by atoms with Crippen LogP contribution in [0.3, 0.4) is 0 Å². The van der Waals surface area contributed by atoms with E-state index in [1.165, 1.54) is 30.2 Å². The van der Waals surface area contributed by atoms with Crippen molar-refractivity contribution < 1.29 is 9.53 Å². The number of carbonyl (C=O) groups is 1. The van der Waals surface area contributed by atoms with E-state index in [9.17, 15) is 4.79 Å². The van der Waals surface area contributed by atoms with E-state index < -0.39 is 0 Å². The molecule has 0 saturated carbocycles. The molecule has 0 saturated heterocycles. The predicted octanol–water partition coefficient (Wildman–Crippen LogP) is 3.16. The first-order chi connectivity index (χ1) is 8.08. The van der Waals surface area contributed by atoms with Crippen molar-refractivity contribution >= 4 is 50.9 Å². The van der Waals surface area contributed by atoms with Gasteiger partial charge in [-0.1, -0.05) is 23.4 Å². The molecule has 0 aromatic carbocycles. The largest absolute Gasteiger partial charge is 0.465 e. The van der Waals surface area contributed by atoms with Crippen LogP contribution in [0.2, 0.25) is 5.15 Å². The summed E-state index contributed by atoms with van der Waals surface area (Å²) in [5.41, 5.74) is 0.773. The summed E-state index contributed by atoms with van der Waals surface area (Å²) in [6.45, 7) is 1.82. The van der Waals surface area contributed by atoms with Crippen molar-refractivity contribution in [3.05, 3.63) is 15.6 Å². The zero-order valence-electron chi connectivity index (χ0n) is 9.41. The standard InChI is InChI=1S/C10H9ClN2O2S2/c1-4-5-7(11)12-10(16-3)13-8(5)17-6(4)9(14)15-2/h1-3H3. The molecule has 0 amide bonds. The van der Waals surface area contributed by atoms with Gasteiger partial charge >= 0.3 is 5.97 Å². The van der Waals surface area contributed by atoms with Crippen LogP contribution >= 0.6 is 34.7 Å². The van der Waals surface area contributed by atoms with Crippen LogP contribution in [0.15, 0.2) is 5.16 Å². The molecule has 0 N–H and O–H groups in total. The second kappa shape index (κ2) is 4.80. The Morgan fingerprint density at radius 1 is 1.47 bits per heavy atom. The number of nitrogens with zero attached hydrogens (tertiary/aromatic N) is 2. The summed E-state index contributed by atoms with van der Waals surface area (Å²) in [6.07, 6.45) is 1.87. The van der Waals surface area contributed by atoms with Gasteiger partial charge in [-0.15, -0.1) is 11.3 Å². The Morgan fingerprint density at radius 3 is 2.76 bits per heavy atom. The zero-order chi connectivity index (χ0) is 12.6. The molecule has 0 unspecified atom stereocenters.